The van der Waals surface area contributed by atoms with E-state index in [0.717, 1.165) is 30.9 Å². The monoisotopic (exact) mass is 383 g/mol. The molecule has 1 N–H and O–H groups in total. The lowest BCUT2D eigenvalue weighted by Gasteiger charge is -2.40. The molecule has 1 atom stereocenters. The van der Waals surface area contributed by atoms with Crippen molar-refractivity contribution in [1.29, 1.82) is 0 Å². The highest BCUT2D eigenvalue weighted by molar-refractivity contribution is 5.88. The summed E-state index contributed by atoms with van der Waals surface area (Å²) in [6.45, 7) is 6.75. The highest BCUT2D eigenvalue weighted by Gasteiger charge is 2.34. The van der Waals surface area contributed by atoms with Gasteiger partial charge in [-0.05, 0) is 31.9 Å². The zero-order chi connectivity index (χ0) is 20.1. The first-order valence-corrected chi connectivity index (χ1v) is 9.76. The zero-order valence-corrected chi connectivity index (χ0v) is 16.9. The number of hydrogen-bond donors (Lipinski definition) is 1. The molecular formula is C21H29N5O2. The van der Waals surface area contributed by atoms with Crippen molar-refractivity contribution in [1.82, 2.24) is 24.9 Å². The molecule has 1 aromatic carbocycles. The number of benzene rings is 1. The Labute approximate surface area is 166 Å². The fourth-order valence-electron chi connectivity index (χ4n) is 3.72. The van der Waals surface area contributed by atoms with Crippen LogP contribution < -0.4 is 5.32 Å². The van der Waals surface area contributed by atoms with Gasteiger partial charge in [-0.15, -0.1) is 0 Å². The Morgan fingerprint density at radius 1 is 1.18 bits per heavy atom. The number of carbonyl (C=O) groups excluding carboxylic acids is 2. The van der Waals surface area contributed by atoms with Crippen LogP contribution in [0.15, 0.2) is 36.4 Å². The molecule has 1 aliphatic heterocycles. The lowest BCUT2D eigenvalue weighted by molar-refractivity contribution is -0.144. The van der Waals surface area contributed by atoms with Crippen molar-refractivity contribution in [3.63, 3.8) is 0 Å². The van der Waals surface area contributed by atoms with E-state index in [2.05, 4.69) is 27.4 Å². The minimum Gasteiger partial charge on any atom is -0.357 e. The number of nitrogens with zero attached hydrogens (tertiary/aromatic N) is 4. The van der Waals surface area contributed by atoms with Gasteiger partial charge in [0.25, 0.3) is 0 Å². The number of likely N-dealkylation sites (N-methyl/N-ethyl adjacent to an activating group) is 1. The van der Waals surface area contributed by atoms with E-state index in [0.29, 0.717) is 13.1 Å². The second-order valence-electron chi connectivity index (χ2n) is 7.34. The van der Waals surface area contributed by atoms with Crippen LogP contribution in [0, 0.1) is 13.8 Å². The maximum atomic E-state index is 12.9. The molecule has 0 radical (unpaired) electrons. The van der Waals surface area contributed by atoms with Crippen molar-refractivity contribution in [2.24, 2.45) is 0 Å². The van der Waals surface area contributed by atoms with Gasteiger partial charge >= 0.3 is 0 Å². The van der Waals surface area contributed by atoms with E-state index in [1.54, 1.807) is 16.6 Å². The van der Waals surface area contributed by atoms with Crippen molar-refractivity contribution in [2.45, 2.75) is 32.9 Å². The van der Waals surface area contributed by atoms with E-state index < -0.39 is 6.04 Å². The van der Waals surface area contributed by atoms with Crippen LogP contribution in [0.3, 0.4) is 0 Å². The van der Waals surface area contributed by atoms with Gasteiger partial charge in [-0.3, -0.25) is 19.2 Å². The minimum absolute atomic E-state index is 0.0671. The number of piperazine rings is 1. The van der Waals surface area contributed by atoms with Crippen LogP contribution in [0.4, 0.5) is 0 Å². The number of rotatable bonds is 6. The summed E-state index contributed by atoms with van der Waals surface area (Å²) >= 11 is 0. The van der Waals surface area contributed by atoms with Gasteiger partial charge in [-0.2, -0.15) is 5.10 Å². The molecule has 150 valence electrons. The summed E-state index contributed by atoms with van der Waals surface area (Å²) in [5.41, 5.74) is 3.12. The van der Waals surface area contributed by atoms with Gasteiger partial charge in [0, 0.05) is 38.9 Å². The van der Waals surface area contributed by atoms with Gasteiger partial charge in [0.1, 0.15) is 12.6 Å². The molecule has 2 aromatic rings. The van der Waals surface area contributed by atoms with Gasteiger partial charge in [-0.25, -0.2) is 0 Å². The minimum atomic E-state index is -0.473. The van der Waals surface area contributed by atoms with Gasteiger partial charge in [0.05, 0.1) is 5.69 Å². The smallest absolute Gasteiger partial charge is 0.245 e. The van der Waals surface area contributed by atoms with E-state index in [1.165, 1.54) is 5.56 Å². The van der Waals surface area contributed by atoms with Crippen LogP contribution in [0.1, 0.15) is 17.0 Å². The molecule has 1 aromatic heterocycles. The summed E-state index contributed by atoms with van der Waals surface area (Å²) in [7, 11) is 1.62. The largest absolute Gasteiger partial charge is 0.357 e. The highest BCUT2D eigenvalue weighted by atomic mass is 16.2. The van der Waals surface area contributed by atoms with Gasteiger partial charge in [0.15, 0.2) is 0 Å². The Hall–Kier alpha value is -2.67. The average molecular weight is 383 g/mol. The van der Waals surface area contributed by atoms with Gasteiger partial charge in [0.2, 0.25) is 11.8 Å². The Morgan fingerprint density at radius 2 is 1.93 bits per heavy atom. The van der Waals surface area contributed by atoms with E-state index >= 15 is 0 Å². The predicted molar refractivity (Wildman–Crippen MR) is 108 cm³/mol. The summed E-state index contributed by atoms with van der Waals surface area (Å²) in [6, 6.07) is 11.8. The Morgan fingerprint density at radius 3 is 2.57 bits per heavy atom. The first-order chi connectivity index (χ1) is 13.5. The average Bonchev–Trinajstić information content (AvgIpc) is 3.02. The predicted octanol–water partition coefficient (Wildman–Crippen LogP) is 1.00. The molecule has 0 aliphatic carbocycles. The Kier molecular flexibility index (Phi) is 6.46. The summed E-state index contributed by atoms with van der Waals surface area (Å²) < 4.78 is 1.71. The standard InChI is InChI=1S/C21H29N5O2/c1-16-13-17(2)26(23-16)15-20(27)25-12-11-24(14-19(25)21(28)22-3)10-9-18-7-5-4-6-8-18/h4-8,13,19H,9-12,14-15H2,1-3H3,(H,22,28). The van der Waals surface area contributed by atoms with Crippen molar-refractivity contribution in [3.8, 4) is 0 Å². The molecule has 1 unspecified atom stereocenters. The molecule has 1 saturated heterocycles. The molecule has 1 aliphatic rings. The van der Waals surface area contributed by atoms with E-state index in [1.807, 2.05) is 38.1 Å². The van der Waals surface area contributed by atoms with Crippen LogP contribution in [0.5, 0.6) is 0 Å². The Bertz CT molecular complexity index is 817. The summed E-state index contributed by atoms with van der Waals surface area (Å²) in [5.74, 6) is -0.186. The maximum absolute atomic E-state index is 12.9. The van der Waals surface area contributed by atoms with E-state index in [-0.39, 0.29) is 18.4 Å². The summed E-state index contributed by atoms with van der Waals surface area (Å²) in [5, 5.41) is 7.08. The number of carbonyl (C=O) groups is 2. The summed E-state index contributed by atoms with van der Waals surface area (Å²) in [6.07, 6.45) is 0.932. The second kappa shape index (κ2) is 9.01. The third-order valence-electron chi connectivity index (χ3n) is 5.28. The molecule has 28 heavy (non-hydrogen) atoms. The van der Waals surface area contributed by atoms with Crippen molar-refractivity contribution >= 4 is 11.8 Å². The van der Waals surface area contributed by atoms with Crippen LogP contribution in [0.2, 0.25) is 0 Å². The summed E-state index contributed by atoms with van der Waals surface area (Å²) in [4.78, 5) is 29.3. The van der Waals surface area contributed by atoms with Crippen LogP contribution in [-0.4, -0.2) is 70.7 Å². The molecule has 7 nitrogen and oxygen atoms in total. The molecule has 0 spiro atoms. The number of amides is 2. The molecular weight excluding hydrogens is 354 g/mol. The topological polar surface area (TPSA) is 70.5 Å². The lowest BCUT2D eigenvalue weighted by atomic mass is 10.1. The quantitative estimate of drug-likeness (QED) is 0.808. The van der Waals surface area contributed by atoms with Gasteiger partial charge in [-0.1, -0.05) is 30.3 Å². The van der Waals surface area contributed by atoms with Crippen molar-refractivity contribution in [3.05, 3.63) is 53.3 Å². The number of hydrogen-bond acceptors (Lipinski definition) is 4. The first-order valence-electron chi connectivity index (χ1n) is 9.76. The van der Waals surface area contributed by atoms with Crippen LogP contribution in [-0.2, 0) is 22.6 Å². The third kappa shape index (κ3) is 4.78. The number of nitrogens with one attached hydrogen (secondary N) is 1. The molecule has 7 heteroatoms. The molecule has 2 heterocycles. The zero-order valence-electron chi connectivity index (χ0n) is 16.9. The molecule has 0 saturated carbocycles. The van der Waals surface area contributed by atoms with Crippen molar-refractivity contribution in [2.75, 3.05) is 33.2 Å². The van der Waals surface area contributed by atoms with Crippen LogP contribution >= 0.6 is 0 Å². The van der Waals surface area contributed by atoms with E-state index in [9.17, 15) is 9.59 Å². The molecule has 1 fully saturated rings. The molecule has 0 bridgehead atoms. The molecule has 3 rings (SSSR count). The normalized spacial score (nSPS) is 17.5. The van der Waals surface area contributed by atoms with E-state index in [4.69, 9.17) is 0 Å². The lowest BCUT2D eigenvalue weighted by Crippen LogP contribution is -2.61. The fourth-order valence-corrected chi connectivity index (χ4v) is 3.72. The molecule has 2 amide bonds. The van der Waals surface area contributed by atoms with Crippen LogP contribution in [0.25, 0.3) is 0 Å². The maximum Gasteiger partial charge on any atom is 0.245 e. The number of aromatic nitrogens is 2. The fraction of sp³-hybridized carbons (Fsp3) is 0.476. The number of aryl methyl sites for hydroxylation is 2. The SMILES string of the molecule is CNC(=O)C1CN(CCc2ccccc2)CCN1C(=O)Cn1nc(C)cc1C. The Balaban J connectivity index is 1.64. The van der Waals surface area contributed by atoms with Gasteiger partial charge < -0.3 is 10.2 Å². The second-order valence-corrected chi connectivity index (χ2v) is 7.34. The highest BCUT2D eigenvalue weighted by Crippen LogP contribution is 2.13. The van der Waals surface area contributed by atoms with Crippen molar-refractivity contribution < 1.29 is 9.59 Å². The first kappa shape index (κ1) is 20.1. The third-order valence-corrected chi connectivity index (χ3v) is 5.28.